The van der Waals surface area contributed by atoms with Crippen LogP contribution >= 0.6 is 0 Å². The molecule has 0 radical (unpaired) electrons. The topological polar surface area (TPSA) is 119 Å². The minimum atomic E-state index is -0.401. The van der Waals surface area contributed by atoms with Gasteiger partial charge in [-0.25, -0.2) is 4.98 Å². The van der Waals surface area contributed by atoms with Crippen LogP contribution in [0.2, 0.25) is 0 Å². The second-order valence-corrected chi connectivity index (χ2v) is 8.67. The third-order valence-corrected chi connectivity index (χ3v) is 6.11. The summed E-state index contributed by atoms with van der Waals surface area (Å²) < 4.78 is 16.6. The summed E-state index contributed by atoms with van der Waals surface area (Å²) in [7, 11) is 0. The van der Waals surface area contributed by atoms with E-state index in [1.807, 2.05) is 19.9 Å². The second kappa shape index (κ2) is 9.34. The summed E-state index contributed by atoms with van der Waals surface area (Å²) in [5.41, 5.74) is 3.22. The molecule has 1 fully saturated rings. The number of carbonyl (C=O) groups is 2. The van der Waals surface area contributed by atoms with Crippen LogP contribution in [0.4, 0.5) is 5.69 Å². The number of benzene rings is 1. The fourth-order valence-electron chi connectivity index (χ4n) is 4.38. The lowest BCUT2D eigenvalue weighted by atomic mass is 10.0. The lowest BCUT2D eigenvalue weighted by Gasteiger charge is -2.14. The number of pyridine rings is 1. The number of ether oxygens (including phenoxy) is 1. The van der Waals surface area contributed by atoms with E-state index in [0.717, 1.165) is 30.8 Å². The van der Waals surface area contributed by atoms with Gasteiger partial charge in [-0.05, 0) is 57.9 Å². The number of amides is 2. The molecular weight excluding hydrogens is 448 g/mol. The first-order valence-corrected chi connectivity index (χ1v) is 11.6. The molecule has 0 saturated carbocycles. The minimum absolute atomic E-state index is 0.0239. The zero-order chi connectivity index (χ0) is 24.5. The van der Waals surface area contributed by atoms with Crippen molar-refractivity contribution in [3.05, 3.63) is 64.7 Å². The number of rotatable bonds is 6. The Morgan fingerprint density at radius 1 is 1.09 bits per heavy atom. The van der Waals surface area contributed by atoms with Crippen LogP contribution in [0.15, 0.2) is 45.3 Å². The van der Waals surface area contributed by atoms with E-state index in [0.29, 0.717) is 45.9 Å². The van der Waals surface area contributed by atoms with Crippen molar-refractivity contribution >= 4 is 28.6 Å². The summed E-state index contributed by atoms with van der Waals surface area (Å²) in [6, 6.07) is 10.5. The van der Waals surface area contributed by atoms with Gasteiger partial charge in [-0.15, -0.1) is 0 Å². The average Bonchev–Trinajstić information content (AvgIpc) is 3.58. The highest BCUT2D eigenvalue weighted by molar-refractivity contribution is 6.15. The number of anilines is 1. The van der Waals surface area contributed by atoms with Crippen LogP contribution < -0.4 is 10.6 Å². The Labute approximate surface area is 201 Å². The average molecular weight is 475 g/mol. The molecule has 1 aliphatic rings. The van der Waals surface area contributed by atoms with Crippen LogP contribution in [0, 0.1) is 20.8 Å². The van der Waals surface area contributed by atoms with E-state index in [9.17, 15) is 9.59 Å². The van der Waals surface area contributed by atoms with Crippen molar-refractivity contribution in [1.82, 2.24) is 15.5 Å². The van der Waals surface area contributed by atoms with E-state index in [4.69, 9.17) is 13.7 Å². The first-order chi connectivity index (χ1) is 16.9. The van der Waals surface area contributed by atoms with E-state index in [-0.39, 0.29) is 17.7 Å². The molecule has 0 spiro atoms. The minimum Gasteiger partial charge on any atom is -0.466 e. The van der Waals surface area contributed by atoms with Gasteiger partial charge < -0.3 is 24.3 Å². The summed E-state index contributed by atoms with van der Waals surface area (Å²) in [6.07, 6.45) is 1.94. The maximum Gasteiger partial charge on any atom is 0.259 e. The van der Waals surface area contributed by atoms with Crippen LogP contribution in [-0.2, 0) is 4.74 Å². The Bertz CT molecular complexity index is 1410. The Hall–Kier alpha value is -3.98. The highest BCUT2D eigenvalue weighted by Gasteiger charge is 2.23. The molecule has 1 saturated heterocycles. The summed E-state index contributed by atoms with van der Waals surface area (Å²) in [5.74, 6) is 0.747. The molecule has 1 atom stereocenters. The third-order valence-electron chi connectivity index (χ3n) is 6.11. The molecule has 4 heterocycles. The predicted octanol–water partition coefficient (Wildman–Crippen LogP) is 4.57. The standard InChI is InChI=1S/C26H26N4O5/c1-14-11-19(16(3)34-14)22-12-20(23-15(2)30-35-26(23)29-22)25(32)28-21-9-5-4-8-18(21)24(31)27-13-17-7-6-10-33-17/h4-5,8-9,11-12,17H,6-7,10,13H2,1-3H3,(H,27,31)(H,28,32)/t17-/m0/s1. The van der Waals surface area contributed by atoms with Crippen molar-refractivity contribution in [2.24, 2.45) is 0 Å². The van der Waals surface area contributed by atoms with Crippen LogP contribution in [0.1, 0.15) is 50.8 Å². The van der Waals surface area contributed by atoms with Gasteiger partial charge in [-0.1, -0.05) is 17.3 Å². The number of fused-ring (bicyclic) bond motifs is 1. The number of nitrogens with zero attached hydrogens (tertiary/aromatic N) is 2. The summed E-state index contributed by atoms with van der Waals surface area (Å²) >= 11 is 0. The number of hydrogen-bond donors (Lipinski definition) is 2. The molecule has 0 bridgehead atoms. The van der Waals surface area contributed by atoms with E-state index in [1.165, 1.54) is 0 Å². The second-order valence-electron chi connectivity index (χ2n) is 8.67. The van der Waals surface area contributed by atoms with E-state index in [2.05, 4.69) is 20.8 Å². The summed E-state index contributed by atoms with van der Waals surface area (Å²) in [4.78, 5) is 30.9. The normalized spacial score (nSPS) is 15.5. The van der Waals surface area contributed by atoms with Crippen molar-refractivity contribution < 1.29 is 23.3 Å². The monoisotopic (exact) mass is 474 g/mol. The fourth-order valence-corrected chi connectivity index (χ4v) is 4.38. The number of hydrogen-bond acceptors (Lipinski definition) is 7. The zero-order valence-electron chi connectivity index (χ0n) is 19.8. The molecule has 3 aromatic heterocycles. The Morgan fingerprint density at radius 3 is 2.66 bits per heavy atom. The van der Waals surface area contributed by atoms with Gasteiger partial charge in [0.15, 0.2) is 0 Å². The molecule has 0 unspecified atom stereocenters. The van der Waals surface area contributed by atoms with Gasteiger partial charge in [0, 0.05) is 18.7 Å². The van der Waals surface area contributed by atoms with E-state index < -0.39 is 5.91 Å². The molecule has 5 rings (SSSR count). The highest BCUT2D eigenvalue weighted by Crippen LogP contribution is 2.31. The van der Waals surface area contributed by atoms with Crippen LogP contribution in [0.5, 0.6) is 0 Å². The van der Waals surface area contributed by atoms with E-state index >= 15 is 0 Å². The quantitative estimate of drug-likeness (QED) is 0.420. The SMILES string of the molecule is Cc1cc(-c2cc(C(=O)Nc3ccccc3C(=O)NC[C@@H]3CCCO3)c3c(C)noc3n2)c(C)o1. The number of nitrogens with one attached hydrogen (secondary N) is 2. The Morgan fingerprint density at radius 2 is 1.91 bits per heavy atom. The predicted molar refractivity (Wildman–Crippen MR) is 129 cm³/mol. The number of carbonyl (C=O) groups excluding carboxylic acids is 2. The molecule has 2 N–H and O–H groups in total. The van der Waals surface area contributed by atoms with Gasteiger partial charge in [-0.3, -0.25) is 9.59 Å². The number of furan rings is 1. The lowest BCUT2D eigenvalue weighted by Crippen LogP contribution is -2.32. The molecule has 4 aromatic rings. The first kappa shape index (κ1) is 22.8. The summed E-state index contributed by atoms with van der Waals surface area (Å²) in [5, 5.41) is 10.3. The maximum atomic E-state index is 13.5. The van der Waals surface area contributed by atoms with Gasteiger partial charge in [-0.2, -0.15) is 0 Å². The Balaban J connectivity index is 1.46. The van der Waals surface area contributed by atoms with Crippen LogP contribution in [0.3, 0.4) is 0 Å². The molecule has 180 valence electrons. The van der Waals surface area contributed by atoms with Gasteiger partial charge in [0.2, 0.25) is 0 Å². The molecule has 9 heteroatoms. The molecule has 35 heavy (non-hydrogen) atoms. The lowest BCUT2D eigenvalue weighted by molar-refractivity contribution is 0.0858. The maximum absolute atomic E-state index is 13.5. The number of aryl methyl sites for hydroxylation is 3. The molecule has 1 aromatic carbocycles. The van der Waals surface area contributed by atoms with Crippen LogP contribution in [0.25, 0.3) is 22.4 Å². The van der Waals surface area contributed by atoms with Crippen molar-refractivity contribution in [3.63, 3.8) is 0 Å². The summed E-state index contributed by atoms with van der Waals surface area (Å²) in [6.45, 7) is 6.59. The van der Waals surface area contributed by atoms with Crippen LogP contribution in [-0.4, -0.2) is 41.2 Å². The van der Waals surface area contributed by atoms with Gasteiger partial charge in [0.1, 0.15) is 11.5 Å². The molecule has 2 amide bonds. The fraction of sp³-hybridized carbons (Fsp3) is 0.308. The molecule has 1 aliphatic heterocycles. The molecule has 9 nitrogen and oxygen atoms in total. The molecule has 0 aliphatic carbocycles. The van der Waals surface area contributed by atoms with Crippen molar-refractivity contribution in [2.45, 2.75) is 39.7 Å². The van der Waals surface area contributed by atoms with Crippen molar-refractivity contribution in [1.29, 1.82) is 0 Å². The smallest absolute Gasteiger partial charge is 0.259 e. The first-order valence-electron chi connectivity index (χ1n) is 11.6. The van der Waals surface area contributed by atoms with Gasteiger partial charge in [0.05, 0.1) is 39.7 Å². The highest BCUT2D eigenvalue weighted by atomic mass is 16.5. The van der Waals surface area contributed by atoms with Gasteiger partial charge >= 0.3 is 0 Å². The van der Waals surface area contributed by atoms with Crippen molar-refractivity contribution in [3.8, 4) is 11.3 Å². The van der Waals surface area contributed by atoms with Gasteiger partial charge in [0.25, 0.3) is 17.5 Å². The van der Waals surface area contributed by atoms with E-state index in [1.54, 1.807) is 37.3 Å². The van der Waals surface area contributed by atoms with Crippen molar-refractivity contribution in [2.75, 3.05) is 18.5 Å². The zero-order valence-corrected chi connectivity index (χ0v) is 19.8. The third kappa shape index (κ3) is 4.54. The Kier molecular flexibility index (Phi) is 6.08. The largest absolute Gasteiger partial charge is 0.466 e. The molecular formula is C26H26N4O5. The number of para-hydroxylation sites is 1. The number of aromatic nitrogens is 2.